The molecule has 3 rings (SSSR count). The fraction of sp³-hybridized carbons (Fsp3) is 0.211. The summed E-state index contributed by atoms with van der Waals surface area (Å²) in [6.07, 6.45) is 3.03. The molecule has 1 radical (unpaired) electrons. The third-order valence-corrected chi connectivity index (χ3v) is 5.52. The van der Waals surface area contributed by atoms with E-state index < -0.39 is 5.41 Å². The van der Waals surface area contributed by atoms with Crippen molar-refractivity contribution in [1.29, 1.82) is 0 Å². The van der Waals surface area contributed by atoms with Crippen LogP contribution in [0.3, 0.4) is 0 Å². The number of carbonyl (C=O) groups is 1. The standard InChI is InChI=1S/C19H19OP.Li/c1-14-12-15-8-6-7-11-17(15)19(2,13-14)18(20)21-16-9-4-3-5-10-16;/h3-12,21H,13H2,1-2H3;. The normalized spacial score (nSPS) is 20.2. The van der Waals surface area contributed by atoms with E-state index in [1.807, 2.05) is 42.5 Å². The summed E-state index contributed by atoms with van der Waals surface area (Å²) in [6.45, 7) is 4.22. The van der Waals surface area contributed by atoms with Gasteiger partial charge in [-0.15, -0.1) is 0 Å². The van der Waals surface area contributed by atoms with Gasteiger partial charge in [-0.2, -0.15) is 0 Å². The summed E-state index contributed by atoms with van der Waals surface area (Å²) in [5, 5.41) is 1.12. The van der Waals surface area contributed by atoms with Gasteiger partial charge in [-0.05, 0) is 45.3 Å². The number of carbonyl (C=O) groups excluding carboxylic acids is 1. The number of hydrogen-bond acceptors (Lipinski definition) is 1. The molecule has 2 atom stereocenters. The van der Waals surface area contributed by atoms with Crippen LogP contribution in [0.5, 0.6) is 0 Å². The molecule has 0 bridgehead atoms. The summed E-state index contributed by atoms with van der Waals surface area (Å²) in [5.74, 6) is 0. The minimum atomic E-state index is -0.399. The maximum atomic E-state index is 13.0. The van der Waals surface area contributed by atoms with E-state index in [4.69, 9.17) is 0 Å². The minimum absolute atomic E-state index is 0. The molecule has 0 saturated carbocycles. The molecule has 2 aromatic carbocycles. The van der Waals surface area contributed by atoms with Crippen molar-refractivity contribution in [3.8, 4) is 0 Å². The Bertz CT molecular complexity index is 708. The van der Waals surface area contributed by atoms with Crippen LogP contribution in [-0.4, -0.2) is 24.4 Å². The van der Waals surface area contributed by atoms with Crippen LogP contribution in [0.1, 0.15) is 31.4 Å². The van der Waals surface area contributed by atoms with E-state index in [1.54, 1.807) is 0 Å². The molecule has 0 aromatic heterocycles. The number of rotatable bonds is 3. The van der Waals surface area contributed by atoms with Crippen molar-refractivity contribution in [2.24, 2.45) is 0 Å². The van der Waals surface area contributed by atoms with E-state index in [0.29, 0.717) is 5.52 Å². The van der Waals surface area contributed by atoms with Crippen LogP contribution in [0.25, 0.3) is 6.08 Å². The van der Waals surface area contributed by atoms with E-state index in [1.165, 1.54) is 16.7 Å². The molecule has 0 spiro atoms. The smallest absolute Gasteiger partial charge is 0.166 e. The van der Waals surface area contributed by atoms with Crippen molar-refractivity contribution in [1.82, 2.24) is 0 Å². The van der Waals surface area contributed by atoms with Gasteiger partial charge in [-0.25, -0.2) is 0 Å². The maximum Gasteiger partial charge on any atom is 0.166 e. The van der Waals surface area contributed by atoms with Crippen molar-refractivity contribution in [3.05, 3.63) is 71.3 Å². The van der Waals surface area contributed by atoms with Gasteiger partial charge in [0.05, 0.1) is 5.41 Å². The monoisotopic (exact) mass is 301 g/mol. The van der Waals surface area contributed by atoms with Crippen LogP contribution in [0.15, 0.2) is 60.2 Å². The van der Waals surface area contributed by atoms with E-state index in [2.05, 4.69) is 32.1 Å². The minimum Gasteiger partial charge on any atom is -0.294 e. The van der Waals surface area contributed by atoms with Crippen LogP contribution in [-0.2, 0) is 10.2 Å². The fourth-order valence-electron chi connectivity index (χ4n) is 3.09. The molecule has 0 N–H and O–H groups in total. The summed E-state index contributed by atoms with van der Waals surface area (Å²) < 4.78 is 0. The largest absolute Gasteiger partial charge is 0.294 e. The van der Waals surface area contributed by atoms with Gasteiger partial charge in [0.2, 0.25) is 0 Å². The van der Waals surface area contributed by atoms with Crippen LogP contribution >= 0.6 is 8.58 Å². The van der Waals surface area contributed by atoms with Crippen molar-refractivity contribution in [3.63, 3.8) is 0 Å². The Morgan fingerprint density at radius 2 is 1.68 bits per heavy atom. The summed E-state index contributed by atoms with van der Waals surface area (Å²) in [6, 6.07) is 18.3. The number of fused-ring (bicyclic) bond motifs is 1. The Balaban J connectivity index is 0.00000176. The van der Waals surface area contributed by atoms with Gasteiger partial charge in [0.25, 0.3) is 0 Å². The van der Waals surface area contributed by atoms with Gasteiger partial charge in [-0.1, -0.05) is 66.2 Å². The molecule has 1 nitrogen and oxygen atoms in total. The topological polar surface area (TPSA) is 17.1 Å². The quantitative estimate of drug-likeness (QED) is 0.621. The van der Waals surface area contributed by atoms with Gasteiger partial charge < -0.3 is 0 Å². The summed E-state index contributed by atoms with van der Waals surface area (Å²) in [7, 11) is 0.216. The molecule has 1 aliphatic rings. The van der Waals surface area contributed by atoms with E-state index >= 15 is 0 Å². The van der Waals surface area contributed by atoms with E-state index in [9.17, 15) is 4.79 Å². The number of hydrogen-bond donors (Lipinski definition) is 0. The second kappa shape index (κ2) is 6.97. The SMILES string of the molecule is CC1=Cc2ccccc2C(C)(C(=O)Pc2ccccc2)C1.[Li]. The summed E-state index contributed by atoms with van der Waals surface area (Å²) >= 11 is 0. The first-order valence-corrected chi connectivity index (χ1v) is 8.23. The average Bonchev–Trinajstić information content (AvgIpc) is 2.48. The molecule has 1 aliphatic carbocycles. The molecule has 2 unspecified atom stereocenters. The molecule has 0 fully saturated rings. The van der Waals surface area contributed by atoms with Crippen molar-refractivity contribution in [2.45, 2.75) is 25.7 Å². The zero-order valence-corrected chi connectivity index (χ0v) is 14.4. The second-order valence-corrected chi connectivity index (χ2v) is 7.19. The molecule has 0 aliphatic heterocycles. The second-order valence-electron chi connectivity index (χ2n) is 5.91. The Kier molecular flexibility index (Phi) is 5.46. The van der Waals surface area contributed by atoms with Gasteiger partial charge >= 0.3 is 0 Å². The van der Waals surface area contributed by atoms with Crippen LogP contribution in [0.2, 0.25) is 0 Å². The zero-order valence-electron chi connectivity index (χ0n) is 13.4. The molecular weight excluding hydrogens is 282 g/mol. The first kappa shape index (κ1) is 17.2. The van der Waals surface area contributed by atoms with Crippen LogP contribution in [0, 0.1) is 0 Å². The van der Waals surface area contributed by atoms with E-state index in [-0.39, 0.29) is 27.4 Å². The fourth-order valence-corrected chi connectivity index (χ4v) is 4.21. The van der Waals surface area contributed by atoms with Crippen LogP contribution in [0.4, 0.5) is 0 Å². The van der Waals surface area contributed by atoms with Crippen molar-refractivity contribution in [2.75, 3.05) is 0 Å². The molecule has 22 heavy (non-hydrogen) atoms. The van der Waals surface area contributed by atoms with Crippen molar-refractivity contribution >= 4 is 44.3 Å². The molecule has 3 heteroatoms. The molecule has 107 valence electrons. The predicted octanol–water partition coefficient (Wildman–Crippen LogP) is 3.90. The third-order valence-electron chi connectivity index (χ3n) is 4.12. The molecule has 0 heterocycles. The molecular formula is C19H19LiOP. The zero-order chi connectivity index (χ0) is 14.9. The first-order chi connectivity index (χ1) is 10.1. The Hall–Kier alpha value is -1.12. The Morgan fingerprint density at radius 1 is 1.05 bits per heavy atom. The number of benzene rings is 2. The summed E-state index contributed by atoms with van der Waals surface area (Å²) in [4.78, 5) is 13.0. The summed E-state index contributed by atoms with van der Waals surface area (Å²) in [5.41, 5.74) is 3.57. The van der Waals surface area contributed by atoms with Gasteiger partial charge in [0.1, 0.15) is 0 Å². The maximum absolute atomic E-state index is 13.0. The average molecular weight is 301 g/mol. The third kappa shape index (κ3) is 3.28. The molecule has 2 aromatic rings. The van der Waals surface area contributed by atoms with Gasteiger partial charge in [-0.3, -0.25) is 4.79 Å². The number of allylic oxidation sites excluding steroid dienone is 1. The van der Waals surface area contributed by atoms with E-state index in [0.717, 1.165) is 11.7 Å². The molecule has 0 amide bonds. The Morgan fingerprint density at radius 3 is 2.41 bits per heavy atom. The van der Waals surface area contributed by atoms with Crippen LogP contribution < -0.4 is 5.30 Å². The first-order valence-electron chi connectivity index (χ1n) is 7.23. The Labute approximate surface area is 146 Å². The van der Waals surface area contributed by atoms with Crippen molar-refractivity contribution < 1.29 is 4.79 Å². The van der Waals surface area contributed by atoms with Gasteiger partial charge in [0.15, 0.2) is 5.52 Å². The predicted molar refractivity (Wildman–Crippen MR) is 97.2 cm³/mol. The molecule has 0 saturated heterocycles. The van der Waals surface area contributed by atoms with Gasteiger partial charge in [0, 0.05) is 18.9 Å².